The molecule has 0 unspecified atom stereocenters. The molecule has 5 atom stereocenters. The fourth-order valence-electron chi connectivity index (χ4n) is 10.8. The fraction of sp³-hybridized carbons (Fsp3) is 0.340. The Bertz CT molecular complexity index is 2490. The number of carbonyl (C=O) groups excluding carboxylic acids is 3. The van der Waals surface area contributed by atoms with Gasteiger partial charge in [-0.25, -0.2) is 0 Å². The molecule has 0 aromatic heterocycles. The second-order valence-electron chi connectivity index (χ2n) is 17.5. The molecule has 4 aliphatic heterocycles. The monoisotopic (exact) mass is 835 g/mol. The smallest absolute Gasteiger partial charge is 0.264 e. The minimum absolute atomic E-state index is 0.0547. The Morgan fingerprint density at radius 3 is 2.20 bits per heavy atom. The van der Waals surface area contributed by atoms with Crippen molar-refractivity contribution < 1.29 is 33.7 Å². The SMILES string of the molecule is COc1ccc([Si](C)(C)[C@@H]2[C@@H](CC(=O)N3Cc4ccccc4C[C@H]3CO)O[C@]3(C(=O)N(Cc4ccc(N5C(=O)CCc6ccccc65)cc4)c4ccc(OC)cc43)[C@H]2C)cc1. The van der Waals surface area contributed by atoms with Crippen molar-refractivity contribution in [2.45, 2.75) is 82.1 Å². The van der Waals surface area contributed by atoms with Crippen LogP contribution in [0.25, 0.3) is 0 Å². The third kappa shape index (κ3) is 6.83. The summed E-state index contributed by atoms with van der Waals surface area (Å²) in [5.74, 6) is 0.818. The number of para-hydroxylation sites is 1. The van der Waals surface area contributed by atoms with Crippen molar-refractivity contribution in [3.8, 4) is 11.5 Å². The number of fused-ring (bicyclic) bond motifs is 4. The maximum atomic E-state index is 15.5. The maximum Gasteiger partial charge on any atom is 0.264 e. The zero-order valence-corrected chi connectivity index (χ0v) is 36.5. The Hall–Kier alpha value is -5.75. The number of hydrogen-bond acceptors (Lipinski definition) is 7. The number of ether oxygens (including phenoxy) is 3. The highest BCUT2D eigenvalue weighted by Crippen LogP contribution is 2.60. The van der Waals surface area contributed by atoms with E-state index in [0.29, 0.717) is 25.1 Å². The van der Waals surface area contributed by atoms with Gasteiger partial charge in [0.2, 0.25) is 11.8 Å². The van der Waals surface area contributed by atoms with Crippen LogP contribution in [0, 0.1) is 5.92 Å². The molecule has 0 aliphatic carbocycles. The molecule has 1 fully saturated rings. The Labute approximate surface area is 358 Å². The molecule has 4 heterocycles. The van der Waals surface area contributed by atoms with Crippen molar-refractivity contribution in [2.24, 2.45) is 5.92 Å². The van der Waals surface area contributed by atoms with Crippen LogP contribution in [0.5, 0.6) is 11.5 Å². The average molecular weight is 836 g/mol. The van der Waals surface area contributed by atoms with E-state index in [9.17, 15) is 14.7 Å². The molecule has 1 saturated heterocycles. The zero-order valence-electron chi connectivity index (χ0n) is 35.5. The fourth-order valence-corrected chi connectivity index (χ4v) is 14.8. The van der Waals surface area contributed by atoms with E-state index >= 15 is 4.79 Å². The lowest BCUT2D eigenvalue weighted by Crippen LogP contribution is -2.52. The topological polar surface area (TPSA) is 109 Å². The minimum atomic E-state index is -2.56. The van der Waals surface area contributed by atoms with Crippen molar-refractivity contribution in [3.05, 3.63) is 143 Å². The lowest BCUT2D eigenvalue weighted by atomic mass is 9.82. The van der Waals surface area contributed by atoms with Gasteiger partial charge in [0, 0.05) is 30.1 Å². The van der Waals surface area contributed by atoms with Gasteiger partial charge in [0.1, 0.15) is 11.5 Å². The van der Waals surface area contributed by atoms with E-state index in [2.05, 4.69) is 44.3 Å². The van der Waals surface area contributed by atoms with Crippen LogP contribution in [0.1, 0.15) is 47.6 Å². The van der Waals surface area contributed by atoms with Gasteiger partial charge in [-0.2, -0.15) is 0 Å². The first-order valence-electron chi connectivity index (χ1n) is 21.3. The van der Waals surface area contributed by atoms with Crippen molar-refractivity contribution in [1.82, 2.24) is 4.90 Å². The van der Waals surface area contributed by atoms with E-state index in [-0.39, 0.29) is 54.8 Å². The quantitative estimate of drug-likeness (QED) is 0.146. The molecule has 9 rings (SSSR count). The van der Waals surface area contributed by atoms with Gasteiger partial charge in [-0.1, -0.05) is 91.9 Å². The van der Waals surface area contributed by atoms with E-state index in [1.54, 1.807) is 24.0 Å². The Morgan fingerprint density at radius 2 is 1.49 bits per heavy atom. The summed E-state index contributed by atoms with van der Waals surface area (Å²) in [5, 5.41) is 11.7. The summed E-state index contributed by atoms with van der Waals surface area (Å²) in [6.07, 6.45) is 1.20. The molecule has 0 radical (unpaired) electrons. The van der Waals surface area contributed by atoms with E-state index in [4.69, 9.17) is 14.2 Å². The number of rotatable bonds is 10. The van der Waals surface area contributed by atoms with E-state index in [1.165, 1.54) is 5.19 Å². The zero-order chi connectivity index (χ0) is 42.6. The number of benzene rings is 5. The Balaban J connectivity index is 1.08. The van der Waals surface area contributed by atoms with Crippen LogP contribution in [-0.4, -0.2) is 68.8 Å². The highest BCUT2D eigenvalue weighted by Gasteiger charge is 2.66. The number of hydrogen-bond donors (Lipinski definition) is 1. The standard InChI is InChI=1S/C50H53N3O7Si/c1-32-48(61(4,5)41-22-19-39(58-2)20-23-41)45(28-47(56)51-30-36-12-7-6-11-35(36)26-38(51)31-54)60-50(32)42-27-40(59-3)21-24-44(42)52(49(50)57)29-33-14-17-37(18-15-33)53-43-13-9-8-10-34(43)16-25-46(53)55/h6-15,17-24,27,32,38,45,48,54H,16,25-26,28-31H2,1-5H3/t32-,38-,45+,48-,50+/m0/s1. The van der Waals surface area contributed by atoms with Crippen molar-refractivity contribution in [2.75, 3.05) is 30.6 Å². The largest absolute Gasteiger partial charge is 0.497 e. The first kappa shape index (κ1) is 40.6. The Kier molecular flexibility index (Phi) is 10.6. The molecule has 4 aliphatic rings. The molecule has 3 amide bonds. The molecule has 10 nitrogen and oxygen atoms in total. The van der Waals surface area contributed by atoms with Gasteiger partial charge in [0.05, 0.1) is 65.4 Å². The first-order chi connectivity index (χ1) is 29.5. The second kappa shape index (κ2) is 15.9. The summed E-state index contributed by atoms with van der Waals surface area (Å²) in [7, 11) is 0.713. The predicted molar refractivity (Wildman–Crippen MR) is 238 cm³/mol. The number of methoxy groups -OCH3 is 2. The number of aliphatic hydroxyl groups is 1. The lowest BCUT2D eigenvalue weighted by Gasteiger charge is -2.39. The average Bonchev–Trinajstić information content (AvgIpc) is 3.71. The van der Waals surface area contributed by atoms with Crippen LogP contribution in [0.3, 0.4) is 0 Å². The maximum absolute atomic E-state index is 15.5. The molecule has 5 aromatic carbocycles. The summed E-state index contributed by atoms with van der Waals surface area (Å²) in [5.41, 5.74) is 5.85. The van der Waals surface area contributed by atoms with Crippen LogP contribution in [-0.2, 0) is 50.7 Å². The third-order valence-electron chi connectivity index (χ3n) is 13.9. The van der Waals surface area contributed by atoms with Crippen LogP contribution in [0.15, 0.2) is 115 Å². The molecule has 314 valence electrons. The van der Waals surface area contributed by atoms with Crippen molar-refractivity contribution in [3.63, 3.8) is 0 Å². The van der Waals surface area contributed by atoms with Crippen molar-refractivity contribution in [1.29, 1.82) is 0 Å². The summed E-state index contributed by atoms with van der Waals surface area (Å²) in [6.45, 7) is 7.26. The highest BCUT2D eigenvalue weighted by atomic mass is 28.3. The van der Waals surface area contributed by atoms with Gasteiger partial charge in [0.15, 0.2) is 5.60 Å². The predicted octanol–water partition coefficient (Wildman–Crippen LogP) is 7.41. The van der Waals surface area contributed by atoms with Gasteiger partial charge in [-0.05, 0) is 89.2 Å². The third-order valence-corrected chi connectivity index (χ3v) is 18.3. The molecule has 0 bridgehead atoms. The first-order valence-corrected chi connectivity index (χ1v) is 24.4. The summed E-state index contributed by atoms with van der Waals surface area (Å²) in [6, 6.07) is 37.5. The van der Waals surface area contributed by atoms with Gasteiger partial charge in [0.25, 0.3) is 5.91 Å². The van der Waals surface area contributed by atoms with Gasteiger partial charge in [-0.15, -0.1) is 0 Å². The molecular formula is C50H53N3O7Si. The van der Waals surface area contributed by atoms with Crippen LogP contribution in [0.4, 0.5) is 17.1 Å². The van der Waals surface area contributed by atoms with Crippen LogP contribution in [0.2, 0.25) is 18.6 Å². The number of anilines is 3. The Morgan fingerprint density at radius 1 is 0.820 bits per heavy atom. The number of aryl methyl sites for hydroxylation is 1. The summed E-state index contributed by atoms with van der Waals surface area (Å²) in [4.78, 5) is 48.9. The molecule has 11 heteroatoms. The molecule has 1 spiro atoms. The number of aliphatic hydroxyl groups excluding tert-OH is 1. The number of carbonyl (C=O) groups is 3. The highest BCUT2D eigenvalue weighted by molar-refractivity contribution is 6.91. The van der Waals surface area contributed by atoms with Crippen LogP contribution >= 0.6 is 0 Å². The molecular weight excluding hydrogens is 783 g/mol. The lowest BCUT2D eigenvalue weighted by molar-refractivity contribution is -0.151. The van der Waals surface area contributed by atoms with Crippen molar-refractivity contribution >= 4 is 48.0 Å². The van der Waals surface area contributed by atoms with Gasteiger partial charge in [-0.3, -0.25) is 19.3 Å². The normalized spacial score (nSPS) is 23.2. The molecule has 61 heavy (non-hydrogen) atoms. The second-order valence-corrected chi connectivity index (χ2v) is 22.2. The van der Waals surface area contributed by atoms with E-state index in [0.717, 1.165) is 57.0 Å². The number of amides is 3. The van der Waals surface area contributed by atoms with Gasteiger partial charge < -0.3 is 29.1 Å². The number of nitrogens with zero attached hydrogens (tertiary/aromatic N) is 3. The molecule has 1 N–H and O–H groups in total. The summed E-state index contributed by atoms with van der Waals surface area (Å²) < 4.78 is 18.6. The molecule has 5 aromatic rings. The van der Waals surface area contributed by atoms with E-state index < -0.39 is 19.8 Å². The van der Waals surface area contributed by atoms with Gasteiger partial charge >= 0.3 is 0 Å². The minimum Gasteiger partial charge on any atom is -0.497 e. The molecule has 0 saturated carbocycles. The van der Waals surface area contributed by atoms with E-state index in [1.807, 2.05) is 95.9 Å². The summed E-state index contributed by atoms with van der Waals surface area (Å²) >= 11 is 0. The van der Waals surface area contributed by atoms with Crippen LogP contribution < -0.4 is 24.5 Å².